The largest absolute Gasteiger partial charge is 0.374 e. The van der Waals surface area contributed by atoms with Crippen molar-refractivity contribution in [3.63, 3.8) is 0 Å². The summed E-state index contributed by atoms with van der Waals surface area (Å²) in [6.45, 7) is 0. The molecule has 0 spiro atoms. The fourth-order valence-corrected chi connectivity index (χ4v) is 2.05. The van der Waals surface area contributed by atoms with Crippen LogP contribution in [0.15, 0.2) is 22.9 Å². The molecule has 66 valence electrons. The monoisotopic (exact) mass is 256 g/mol. The minimum absolute atomic E-state index is 0.464. The second-order valence-electron chi connectivity index (χ2n) is 2.30. The Balaban J connectivity index is 2.52. The standard InChI is InChI=1S/C7H5BrN4S/c8-5-1-2-10-3-4(5)6-11-12-7(9)13-6/h1-3H,(H2,9,12). The summed E-state index contributed by atoms with van der Waals surface area (Å²) in [6.07, 6.45) is 3.43. The highest BCUT2D eigenvalue weighted by Gasteiger charge is 2.07. The van der Waals surface area contributed by atoms with Crippen molar-refractivity contribution in [1.82, 2.24) is 15.2 Å². The van der Waals surface area contributed by atoms with Gasteiger partial charge in [0.15, 0.2) is 5.01 Å². The minimum Gasteiger partial charge on any atom is -0.374 e. The molecular formula is C7H5BrN4S. The molecule has 0 saturated carbocycles. The molecule has 0 aliphatic rings. The number of rotatable bonds is 1. The van der Waals surface area contributed by atoms with Crippen molar-refractivity contribution >= 4 is 32.4 Å². The Kier molecular flexibility index (Phi) is 2.24. The topological polar surface area (TPSA) is 64.7 Å². The smallest absolute Gasteiger partial charge is 0.203 e. The lowest BCUT2D eigenvalue weighted by Gasteiger charge is -1.96. The fourth-order valence-electron chi connectivity index (χ4n) is 0.878. The number of nitrogens with zero attached hydrogens (tertiary/aromatic N) is 3. The van der Waals surface area contributed by atoms with Gasteiger partial charge in [0.25, 0.3) is 0 Å². The van der Waals surface area contributed by atoms with Crippen LogP contribution in [0.1, 0.15) is 0 Å². The molecule has 0 atom stereocenters. The number of hydrogen-bond acceptors (Lipinski definition) is 5. The van der Waals surface area contributed by atoms with E-state index in [0.717, 1.165) is 15.0 Å². The van der Waals surface area contributed by atoms with Crippen molar-refractivity contribution in [2.75, 3.05) is 5.73 Å². The molecule has 0 saturated heterocycles. The molecule has 0 aliphatic heterocycles. The molecule has 13 heavy (non-hydrogen) atoms. The Morgan fingerprint density at radius 2 is 2.23 bits per heavy atom. The zero-order chi connectivity index (χ0) is 9.26. The van der Waals surface area contributed by atoms with E-state index in [4.69, 9.17) is 5.73 Å². The van der Waals surface area contributed by atoms with E-state index in [0.29, 0.717) is 5.13 Å². The van der Waals surface area contributed by atoms with Gasteiger partial charge >= 0.3 is 0 Å². The molecule has 6 heteroatoms. The summed E-state index contributed by atoms with van der Waals surface area (Å²) in [7, 11) is 0. The van der Waals surface area contributed by atoms with Gasteiger partial charge in [0.2, 0.25) is 5.13 Å². The van der Waals surface area contributed by atoms with Gasteiger partial charge in [-0.1, -0.05) is 11.3 Å². The lowest BCUT2D eigenvalue weighted by molar-refractivity contribution is 1.10. The molecule has 2 aromatic rings. The van der Waals surface area contributed by atoms with Crippen LogP contribution in [0.4, 0.5) is 5.13 Å². The Morgan fingerprint density at radius 1 is 1.38 bits per heavy atom. The highest BCUT2D eigenvalue weighted by molar-refractivity contribution is 9.10. The van der Waals surface area contributed by atoms with Gasteiger partial charge in [-0.3, -0.25) is 4.98 Å². The third-order valence-electron chi connectivity index (χ3n) is 1.44. The van der Waals surface area contributed by atoms with Crippen LogP contribution < -0.4 is 5.73 Å². The summed E-state index contributed by atoms with van der Waals surface area (Å²) in [5.41, 5.74) is 6.39. The van der Waals surface area contributed by atoms with Crippen molar-refractivity contribution in [1.29, 1.82) is 0 Å². The van der Waals surface area contributed by atoms with E-state index >= 15 is 0 Å². The van der Waals surface area contributed by atoms with E-state index in [2.05, 4.69) is 31.1 Å². The zero-order valence-corrected chi connectivity index (χ0v) is 8.84. The number of hydrogen-bond donors (Lipinski definition) is 1. The summed E-state index contributed by atoms with van der Waals surface area (Å²) in [5.74, 6) is 0. The fraction of sp³-hybridized carbons (Fsp3) is 0. The van der Waals surface area contributed by atoms with Gasteiger partial charge in [-0.25, -0.2) is 0 Å². The van der Waals surface area contributed by atoms with Gasteiger partial charge in [-0.15, -0.1) is 10.2 Å². The number of pyridine rings is 1. The summed E-state index contributed by atoms with van der Waals surface area (Å²) < 4.78 is 0.943. The lowest BCUT2D eigenvalue weighted by Crippen LogP contribution is -1.81. The molecular weight excluding hydrogens is 252 g/mol. The maximum Gasteiger partial charge on any atom is 0.203 e. The maximum absolute atomic E-state index is 5.48. The second-order valence-corrected chi connectivity index (χ2v) is 4.16. The Labute approximate surface area is 87.0 Å². The van der Waals surface area contributed by atoms with Gasteiger partial charge in [0.1, 0.15) is 0 Å². The molecule has 0 aromatic carbocycles. The average Bonchev–Trinajstić information content (AvgIpc) is 2.53. The highest BCUT2D eigenvalue weighted by atomic mass is 79.9. The number of nitrogen functional groups attached to an aromatic ring is 1. The van der Waals surface area contributed by atoms with Crippen molar-refractivity contribution < 1.29 is 0 Å². The highest BCUT2D eigenvalue weighted by Crippen LogP contribution is 2.29. The van der Waals surface area contributed by atoms with Crippen molar-refractivity contribution in [2.45, 2.75) is 0 Å². The molecule has 2 aromatic heterocycles. The van der Waals surface area contributed by atoms with Gasteiger partial charge in [-0.05, 0) is 22.0 Å². The van der Waals surface area contributed by atoms with Gasteiger partial charge in [0, 0.05) is 22.4 Å². The normalized spacial score (nSPS) is 10.2. The molecule has 0 bridgehead atoms. The average molecular weight is 257 g/mol. The maximum atomic E-state index is 5.48. The first-order valence-electron chi connectivity index (χ1n) is 3.46. The summed E-state index contributed by atoms with van der Waals surface area (Å²) in [4.78, 5) is 4.00. The Bertz CT molecular complexity index is 428. The van der Waals surface area contributed by atoms with Crippen molar-refractivity contribution in [3.05, 3.63) is 22.9 Å². The van der Waals surface area contributed by atoms with Crippen LogP contribution in [-0.2, 0) is 0 Å². The van der Waals surface area contributed by atoms with Gasteiger partial charge in [-0.2, -0.15) is 0 Å². The molecule has 0 radical (unpaired) electrons. The molecule has 0 fully saturated rings. The zero-order valence-electron chi connectivity index (χ0n) is 6.44. The van der Waals surface area contributed by atoms with E-state index in [1.807, 2.05) is 6.07 Å². The molecule has 0 aliphatic carbocycles. The number of aromatic nitrogens is 3. The van der Waals surface area contributed by atoms with Crippen LogP contribution >= 0.6 is 27.3 Å². The van der Waals surface area contributed by atoms with E-state index < -0.39 is 0 Å². The third kappa shape index (κ3) is 1.68. The van der Waals surface area contributed by atoms with Crippen LogP contribution in [0, 0.1) is 0 Å². The summed E-state index contributed by atoms with van der Waals surface area (Å²) in [5, 5.41) is 8.89. The van der Waals surface area contributed by atoms with Gasteiger partial charge < -0.3 is 5.73 Å². The molecule has 0 amide bonds. The number of halogens is 1. The van der Waals surface area contributed by atoms with Crippen LogP contribution in [0.25, 0.3) is 10.6 Å². The summed E-state index contributed by atoms with van der Waals surface area (Å²) in [6, 6.07) is 1.85. The molecule has 2 N–H and O–H groups in total. The number of nitrogens with two attached hydrogens (primary N) is 1. The minimum atomic E-state index is 0.464. The molecule has 4 nitrogen and oxygen atoms in total. The Morgan fingerprint density at radius 3 is 2.85 bits per heavy atom. The van der Waals surface area contributed by atoms with Crippen LogP contribution in [0.5, 0.6) is 0 Å². The predicted octanol–water partition coefficient (Wildman–Crippen LogP) is 1.94. The first kappa shape index (κ1) is 8.58. The van der Waals surface area contributed by atoms with Crippen LogP contribution in [0.2, 0.25) is 0 Å². The van der Waals surface area contributed by atoms with E-state index in [1.54, 1.807) is 12.4 Å². The predicted molar refractivity (Wildman–Crippen MR) is 55.3 cm³/mol. The molecule has 0 unspecified atom stereocenters. The first-order valence-corrected chi connectivity index (χ1v) is 5.07. The van der Waals surface area contributed by atoms with Crippen LogP contribution in [-0.4, -0.2) is 15.2 Å². The molecule has 2 heterocycles. The summed E-state index contributed by atoms with van der Waals surface area (Å²) >= 11 is 4.74. The number of anilines is 1. The molecule has 2 rings (SSSR count). The van der Waals surface area contributed by atoms with Crippen molar-refractivity contribution in [2.24, 2.45) is 0 Å². The second kappa shape index (κ2) is 3.39. The van der Waals surface area contributed by atoms with Crippen molar-refractivity contribution in [3.8, 4) is 10.6 Å². The van der Waals surface area contributed by atoms with Crippen LogP contribution in [0.3, 0.4) is 0 Å². The van der Waals surface area contributed by atoms with E-state index in [9.17, 15) is 0 Å². The van der Waals surface area contributed by atoms with E-state index in [1.165, 1.54) is 11.3 Å². The first-order chi connectivity index (χ1) is 6.27. The lowest BCUT2D eigenvalue weighted by atomic mass is 10.3. The Hall–Kier alpha value is -1.01. The van der Waals surface area contributed by atoms with E-state index in [-0.39, 0.29) is 0 Å². The third-order valence-corrected chi connectivity index (χ3v) is 2.92. The van der Waals surface area contributed by atoms with Gasteiger partial charge in [0.05, 0.1) is 0 Å². The SMILES string of the molecule is Nc1nnc(-c2cnccc2Br)s1. The quantitative estimate of drug-likeness (QED) is 0.847.